The molecule has 1 aliphatic rings. The molecule has 0 atom stereocenters. The minimum atomic E-state index is -0.642. The fraction of sp³-hybridized carbons (Fsp3) is 0.273. The summed E-state index contributed by atoms with van der Waals surface area (Å²) in [5, 5.41) is 7.42. The molecular formula is C22H21FN6O3. The summed E-state index contributed by atoms with van der Waals surface area (Å²) in [6.45, 7) is 3.47. The Balaban J connectivity index is 1.28. The zero-order chi connectivity index (χ0) is 22.2. The number of nitrogens with zero attached hydrogens (tertiary/aromatic N) is 4. The van der Waals surface area contributed by atoms with Gasteiger partial charge in [0.2, 0.25) is 5.95 Å². The molecule has 1 amide bonds. The molecule has 0 spiro atoms. The monoisotopic (exact) mass is 436 g/mol. The van der Waals surface area contributed by atoms with Gasteiger partial charge in [0.15, 0.2) is 5.58 Å². The smallest absolute Gasteiger partial charge is 0.269 e. The van der Waals surface area contributed by atoms with Gasteiger partial charge in [0.05, 0.1) is 17.4 Å². The summed E-state index contributed by atoms with van der Waals surface area (Å²) in [6.07, 6.45) is 1.42. The highest BCUT2D eigenvalue weighted by molar-refractivity contribution is 6.01. The van der Waals surface area contributed by atoms with Crippen LogP contribution in [0.4, 0.5) is 10.1 Å². The quantitative estimate of drug-likeness (QED) is 0.471. The van der Waals surface area contributed by atoms with E-state index in [0.29, 0.717) is 41.8 Å². The Morgan fingerprint density at radius 3 is 2.75 bits per heavy atom. The van der Waals surface area contributed by atoms with Crippen LogP contribution in [0.15, 0.2) is 45.8 Å². The molecule has 4 aromatic rings. The molecule has 0 unspecified atom stereocenters. The summed E-state index contributed by atoms with van der Waals surface area (Å²) in [5.74, 6) is -1.06. The second kappa shape index (κ2) is 8.04. The lowest BCUT2D eigenvalue weighted by atomic mass is 10.1. The third-order valence-corrected chi connectivity index (χ3v) is 5.80. The molecule has 0 bridgehead atoms. The Morgan fingerprint density at radius 2 is 2.00 bits per heavy atom. The number of rotatable bonds is 4. The summed E-state index contributed by atoms with van der Waals surface area (Å²) in [6, 6.07) is 9.03. The van der Waals surface area contributed by atoms with Crippen LogP contribution < -0.4 is 15.8 Å². The maximum atomic E-state index is 14.5. The van der Waals surface area contributed by atoms with Gasteiger partial charge in [-0.15, -0.1) is 0 Å². The van der Waals surface area contributed by atoms with E-state index in [9.17, 15) is 14.0 Å². The van der Waals surface area contributed by atoms with Gasteiger partial charge in [0.1, 0.15) is 11.1 Å². The number of aromatic amines is 1. The van der Waals surface area contributed by atoms with Crippen LogP contribution in [0.25, 0.3) is 21.9 Å². The third-order valence-electron chi connectivity index (χ3n) is 5.80. The largest absolute Gasteiger partial charge is 0.365 e. The summed E-state index contributed by atoms with van der Waals surface area (Å²) in [5.41, 5.74) is 2.49. The molecule has 1 aromatic carbocycles. The maximum Gasteiger partial charge on any atom is 0.269 e. The minimum absolute atomic E-state index is 0.0596. The molecule has 32 heavy (non-hydrogen) atoms. The topological polar surface area (TPSA) is 107 Å². The molecule has 10 heteroatoms. The van der Waals surface area contributed by atoms with Gasteiger partial charge in [-0.2, -0.15) is 4.39 Å². The Morgan fingerprint density at radius 1 is 1.19 bits per heavy atom. The van der Waals surface area contributed by atoms with Crippen LogP contribution in [0.5, 0.6) is 0 Å². The summed E-state index contributed by atoms with van der Waals surface area (Å²) in [4.78, 5) is 34.7. The van der Waals surface area contributed by atoms with Gasteiger partial charge in [0.25, 0.3) is 11.5 Å². The van der Waals surface area contributed by atoms with Gasteiger partial charge < -0.3 is 19.7 Å². The highest BCUT2D eigenvalue weighted by Gasteiger charge is 2.21. The molecule has 0 radical (unpaired) electrons. The van der Waals surface area contributed by atoms with Gasteiger partial charge >= 0.3 is 0 Å². The van der Waals surface area contributed by atoms with E-state index in [1.807, 2.05) is 23.1 Å². The van der Waals surface area contributed by atoms with Gasteiger partial charge in [-0.1, -0.05) is 11.2 Å². The van der Waals surface area contributed by atoms with Crippen molar-refractivity contribution >= 4 is 33.5 Å². The third kappa shape index (κ3) is 3.58. The Bertz CT molecular complexity index is 1370. The molecule has 0 saturated carbocycles. The minimum Gasteiger partial charge on any atom is -0.365 e. The SMILES string of the molecule is CNC(=O)c1ccc(N2CCN(Cc3ccc4c(c3)[nH]c(=O)c3cnoc34)CC2)c(F)n1. The molecule has 1 saturated heterocycles. The van der Waals surface area contributed by atoms with Crippen molar-refractivity contribution in [3.63, 3.8) is 0 Å². The van der Waals surface area contributed by atoms with Crippen LogP contribution in [0.1, 0.15) is 16.1 Å². The number of halogens is 1. The Kier molecular flexibility index (Phi) is 5.06. The normalized spacial score (nSPS) is 14.9. The van der Waals surface area contributed by atoms with E-state index in [1.54, 1.807) is 6.07 Å². The van der Waals surface area contributed by atoms with Crippen LogP contribution >= 0.6 is 0 Å². The summed E-state index contributed by atoms with van der Waals surface area (Å²) in [7, 11) is 1.48. The molecule has 4 heterocycles. The van der Waals surface area contributed by atoms with E-state index >= 15 is 0 Å². The Labute approximate surface area is 181 Å². The molecule has 5 rings (SSSR count). The fourth-order valence-electron chi connectivity index (χ4n) is 4.10. The molecule has 2 N–H and O–H groups in total. The molecule has 1 aliphatic heterocycles. The van der Waals surface area contributed by atoms with Crippen LogP contribution in [0, 0.1) is 5.95 Å². The average Bonchev–Trinajstić information content (AvgIpc) is 3.30. The van der Waals surface area contributed by atoms with Gasteiger partial charge in [-0.05, 0) is 29.8 Å². The van der Waals surface area contributed by atoms with E-state index in [1.165, 1.54) is 19.3 Å². The summed E-state index contributed by atoms with van der Waals surface area (Å²) < 4.78 is 19.7. The number of anilines is 1. The first-order valence-corrected chi connectivity index (χ1v) is 10.3. The predicted molar refractivity (Wildman–Crippen MR) is 117 cm³/mol. The van der Waals surface area contributed by atoms with Gasteiger partial charge in [-0.25, -0.2) is 4.98 Å². The van der Waals surface area contributed by atoms with E-state index in [4.69, 9.17) is 4.52 Å². The van der Waals surface area contributed by atoms with Crippen molar-refractivity contribution in [3.8, 4) is 0 Å². The highest BCUT2D eigenvalue weighted by Crippen LogP contribution is 2.24. The van der Waals surface area contributed by atoms with E-state index < -0.39 is 11.9 Å². The van der Waals surface area contributed by atoms with Crippen LogP contribution in [-0.2, 0) is 6.54 Å². The number of piperazine rings is 1. The molecule has 0 aliphatic carbocycles. The van der Waals surface area contributed by atoms with E-state index in [-0.39, 0.29) is 11.3 Å². The first-order valence-electron chi connectivity index (χ1n) is 10.3. The number of amides is 1. The van der Waals surface area contributed by atoms with Crippen molar-refractivity contribution < 1.29 is 13.7 Å². The van der Waals surface area contributed by atoms with Crippen LogP contribution in [0.3, 0.4) is 0 Å². The number of fused-ring (bicyclic) bond motifs is 3. The number of nitrogens with one attached hydrogen (secondary N) is 2. The van der Waals surface area contributed by atoms with Crippen LogP contribution in [0.2, 0.25) is 0 Å². The molecule has 164 valence electrons. The number of pyridine rings is 2. The number of hydrogen-bond donors (Lipinski definition) is 2. The van der Waals surface area contributed by atoms with Crippen molar-refractivity contribution in [3.05, 3.63) is 64.1 Å². The lowest BCUT2D eigenvalue weighted by Gasteiger charge is -2.36. The predicted octanol–water partition coefficient (Wildman–Crippen LogP) is 1.89. The zero-order valence-electron chi connectivity index (χ0n) is 17.4. The van der Waals surface area contributed by atoms with Crippen molar-refractivity contribution in [1.82, 2.24) is 25.3 Å². The first kappa shape index (κ1) is 20.1. The van der Waals surface area contributed by atoms with E-state index in [0.717, 1.165) is 24.0 Å². The second-order valence-electron chi connectivity index (χ2n) is 7.75. The van der Waals surface area contributed by atoms with Crippen molar-refractivity contribution in [1.29, 1.82) is 0 Å². The van der Waals surface area contributed by atoms with Crippen molar-refractivity contribution in [2.75, 3.05) is 38.1 Å². The average molecular weight is 436 g/mol. The Hall–Kier alpha value is -3.79. The molecular weight excluding hydrogens is 415 g/mol. The number of hydrogen-bond acceptors (Lipinski definition) is 7. The number of carbonyl (C=O) groups excluding carboxylic acids is 1. The van der Waals surface area contributed by atoms with Crippen LogP contribution in [-0.4, -0.2) is 59.2 Å². The zero-order valence-corrected chi connectivity index (χ0v) is 17.4. The maximum absolute atomic E-state index is 14.5. The van der Waals surface area contributed by atoms with Crippen molar-refractivity contribution in [2.45, 2.75) is 6.54 Å². The molecule has 9 nitrogen and oxygen atoms in total. The number of aromatic nitrogens is 3. The fourth-order valence-corrected chi connectivity index (χ4v) is 4.10. The lowest BCUT2D eigenvalue weighted by Crippen LogP contribution is -2.46. The highest BCUT2D eigenvalue weighted by atomic mass is 19.1. The molecule has 3 aromatic heterocycles. The van der Waals surface area contributed by atoms with E-state index in [2.05, 4.69) is 25.3 Å². The van der Waals surface area contributed by atoms with Gasteiger partial charge in [-0.3, -0.25) is 14.5 Å². The number of benzene rings is 1. The van der Waals surface area contributed by atoms with Gasteiger partial charge in [0, 0.05) is 45.2 Å². The number of carbonyl (C=O) groups is 1. The second-order valence-corrected chi connectivity index (χ2v) is 7.75. The standard InChI is InChI=1S/C22H21FN6O3/c1-24-22(31)16-4-5-18(20(23)26-16)29-8-6-28(7-9-29)12-13-2-3-14-17(10-13)27-21(30)15-11-25-32-19(14)15/h2-5,10-11H,6-9,12H2,1H3,(H,24,31)(H,27,30). The van der Waals surface area contributed by atoms with Crippen molar-refractivity contribution in [2.24, 2.45) is 0 Å². The summed E-state index contributed by atoms with van der Waals surface area (Å²) >= 11 is 0. The first-order chi connectivity index (χ1) is 15.5. The lowest BCUT2D eigenvalue weighted by molar-refractivity contribution is 0.0957. The molecule has 1 fully saturated rings. The number of H-pyrrole nitrogens is 1.